The minimum absolute atomic E-state index is 0.455. The Labute approximate surface area is 87.7 Å². The van der Waals surface area contributed by atoms with Gasteiger partial charge in [-0.1, -0.05) is 0 Å². The van der Waals surface area contributed by atoms with E-state index in [1.807, 2.05) is 11.7 Å². The van der Waals surface area contributed by atoms with Crippen LogP contribution in [0.2, 0.25) is 0 Å². The van der Waals surface area contributed by atoms with Gasteiger partial charge in [-0.3, -0.25) is 4.98 Å². The van der Waals surface area contributed by atoms with Crippen molar-refractivity contribution in [2.75, 3.05) is 26.3 Å². The zero-order valence-corrected chi connectivity index (χ0v) is 8.85. The minimum Gasteiger partial charge on any atom is -0.378 e. The van der Waals surface area contributed by atoms with Crippen molar-refractivity contribution in [3.05, 3.63) is 16.6 Å². The van der Waals surface area contributed by atoms with E-state index in [1.54, 1.807) is 11.3 Å². The summed E-state index contributed by atoms with van der Waals surface area (Å²) in [6.45, 7) is 4.48. The predicted molar refractivity (Wildman–Crippen MR) is 56.4 cm³/mol. The number of thiazole rings is 1. The molecule has 2 heterocycles. The van der Waals surface area contributed by atoms with E-state index in [2.05, 4.69) is 15.6 Å². The number of ether oxygens (including phenoxy) is 1. The molecule has 0 aromatic carbocycles. The van der Waals surface area contributed by atoms with Gasteiger partial charge >= 0.3 is 0 Å². The Balaban J connectivity index is 1.62. The lowest BCUT2D eigenvalue weighted by Crippen LogP contribution is -2.47. The average molecular weight is 213 g/mol. The molecule has 2 rings (SSSR count). The summed E-state index contributed by atoms with van der Waals surface area (Å²) in [5.41, 5.74) is 1.86. The SMILES string of the molecule is c1ncc(CNCC2COCCN2)s1. The molecule has 0 spiro atoms. The van der Waals surface area contributed by atoms with Crippen LogP contribution in [-0.2, 0) is 11.3 Å². The molecular formula is C9H15N3OS. The highest BCUT2D eigenvalue weighted by Gasteiger charge is 2.11. The van der Waals surface area contributed by atoms with Crippen LogP contribution in [0.25, 0.3) is 0 Å². The highest BCUT2D eigenvalue weighted by atomic mass is 32.1. The van der Waals surface area contributed by atoms with Gasteiger partial charge in [-0.05, 0) is 0 Å². The molecule has 1 saturated heterocycles. The molecule has 0 amide bonds. The molecule has 1 atom stereocenters. The normalized spacial score (nSPS) is 22.4. The first-order valence-electron chi connectivity index (χ1n) is 4.84. The summed E-state index contributed by atoms with van der Waals surface area (Å²) in [4.78, 5) is 5.31. The van der Waals surface area contributed by atoms with Crippen LogP contribution < -0.4 is 10.6 Å². The molecule has 1 aromatic rings. The molecule has 0 saturated carbocycles. The van der Waals surface area contributed by atoms with E-state index >= 15 is 0 Å². The first-order valence-corrected chi connectivity index (χ1v) is 5.72. The summed E-state index contributed by atoms with van der Waals surface area (Å²) in [6, 6.07) is 0.455. The first kappa shape index (κ1) is 10.0. The van der Waals surface area contributed by atoms with Gasteiger partial charge in [0.15, 0.2) is 0 Å². The second kappa shape index (κ2) is 5.41. The molecule has 78 valence electrons. The van der Waals surface area contributed by atoms with Crippen LogP contribution in [0.3, 0.4) is 0 Å². The molecule has 1 aromatic heterocycles. The van der Waals surface area contributed by atoms with E-state index in [1.165, 1.54) is 4.88 Å². The van der Waals surface area contributed by atoms with Crippen LogP contribution >= 0.6 is 11.3 Å². The summed E-state index contributed by atoms with van der Waals surface area (Å²) in [6.07, 6.45) is 1.91. The summed E-state index contributed by atoms with van der Waals surface area (Å²) >= 11 is 1.68. The third-order valence-corrected chi connectivity index (χ3v) is 2.95. The number of aromatic nitrogens is 1. The maximum atomic E-state index is 5.36. The Morgan fingerprint density at radius 3 is 3.43 bits per heavy atom. The van der Waals surface area contributed by atoms with E-state index < -0.39 is 0 Å². The Morgan fingerprint density at radius 2 is 2.71 bits per heavy atom. The topological polar surface area (TPSA) is 46.2 Å². The van der Waals surface area contributed by atoms with E-state index in [4.69, 9.17) is 4.74 Å². The van der Waals surface area contributed by atoms with Crippen molar-refractivity contribution in [3.8, 4) is 0 Å². The highest BCUT2D eigenvalue weighted by Crippen LogP contribution is 2.04. The summed E-state index contributed by atoms with van der Waals surface area (Å²) in [7, 11) is 0. The number of morpholine rings is 1. The van der Waals surface area contributed by atoms with Gasteiger partial charge in [0, 0.05) is 36.8 Å². The summed E-state index contributed by atoms with van der Waals surface area (Å²) < 4.78 is 5.36. The highest BCUT2D eigenvalue weighted by molar-refractivity contribution is 7.09. The van der Waals surface area contributed by atoms with Crippen LogP contribution in [0.15, 0.2) is 11.7 Å². The Morgan fingerprint density at radius 1 is 1.71 bits per heavy atom. The van der Waals surface area contributed by atoms with Crippen LogP contribution in [0.1, 0.15) is 4.88 Å². The molecule has 1 aliphatic heterocycles. The zero-order chi connectivity index (χ0) is 9.64. The first-order chi connectivity index (χ1) is 6.95. The zero-order valence-electron chi connectivity index (χ0n) is 8.03. The van der Waals surface area contributed by atoms with E-state index in [-0.39, 0.29) is 0 Å². The van der Waals surface area contributed by atoms with Gasteiger partial charge in [-0.15, -0.1) is 11.3 Å². The second-order valence-electron chi connectivity index (χ2n) is 3.32. The number of hydrogen-bond acceptors (Lipinski definition) is 5. The lowest BCUT2D eigenvalue weighted by Gasteiger charge is -2.23. The summed E-state index contributed by atoms with van der Waals surface area (Å²) in [5.74, 6) is 0. The molecule has 0 radical (unpaired) electrons. The van der Waals surface area contributed by atoms with Gasteiger partial charge in [0.2, 0.25) is 0 Å². The van der Waals surface area contributed by atoms with Crippen molar-refractivity contribution in [3.63, 3.8) is 0 Å². The number of rotatable bonds is 4. The quantitative estimate of drug-likeness (QED) is 0.751. The molecule has 1 fully saturated rings. The standard InChI is InChI=1S/C9H15N3OS/c1-2-13-6-8(12-1)3-10-4-9-5-11-7-14-9/h5,7-8,10,12H,1-4,6H2. The molecule has 2 N–H and O–H groups in total. The van der Waals surface area contributed by atoms with Gasteiger partial charge < -0.3 is 15.4 Å². The third-order valence-electron chi connectivity index (χ3n) is 2.17. The number of nitrogens with one attached hydrogen (secondary N) is 2. The van der Waals surface area contributed by atoms with Crippen LogP contribution in [0.4, 0.5) is 0 Å². The molecule has 0 aliphatic carbocycles. The van der Waals surface area contributed by atoms with Gasteiger partial charge in [-0.25, -0.2) is 0 Å². The van der Waals surface area contributed by atoms with Crippen molar-refractivity contribution in [1.29, 1.82) is 0 Å². The predicted octanol–water partition coefficient (Wildman–Crippen LogP) is 0.221. The minimum atomic E-state index is 0.455. The summed E-state index contributed by atoms with van der Waals surface area (Å²) in [5, 5.41) is 6.78. The Bertz CT molecular complexity index is 247. The maximum Gasteiger partial charge on any atom is 0.0794 e. The lowest BCUT2D eigenvalue weighted by atomic mass is 10.3. The van der Waals surface area contributed by atoms with Crippen molar-refractivity contribution in [1.82, 2.24) is 15.6 Å². The lowest BCUT2D eigenvalue weighted by molar-refractivity contribution is 0.0767. The van der Waals surface area contributed by atoms with Crippen molar-refractivity contribution < 1.29 is 4.74 Å². The molecule has 1 unspecified atom stereocenters. The Hall–Kier alpha value is -0.490. The van der Waals surface area contributed by atoms with E-state index in [9.17, 15) is 0 Å². The average Bonchev–Trinajstić information content (AvgIpc) is 2.72. The van der Waals surface area contributed by atoms with Crippen molar-refractivity contribution in [2.45, 2.75) is 12.6 Å². The fourth-order valence-corrected chi connectivity index (χ4v) is 2.01. The van der Waals surface area contributed by atoms with Crippen molar-refractivity contribution >= 4 is 11.3 Å². The molecule has 14 heavy (non-hydrogen) atoms. The molecular weight excluding hydrogens is 198 g/mol. The largest absolute Gasteiger partial charge is 0.378 e. The second-order valence-corrected chi connectivity index (χ2v) is 4.30. The Kier molecular flexibility index (Phi) is 3.88. The smallest absolute Gasteiger partial charge is 0.0794 e. The van der Waals surface area contributed by atoms with Crippen LogP contribution in [0, 0.1) is 0 Å². The number of hydrogen-bond donors (Lipinski definition) is 2. The van der Waals surface area contributed by atoms with Crippen LogP contribution in [0.5, 0.6) is 0 Å². The van der Waals surface area contributed by atoms with Gasteiger partial charge in [0.25, 0.3) is 0 Å². The van der Waals surface area contributed by atoms with Gasteiger partial charge in [0.1, 0.15) is 0 Å². The molecule has 0 bridgehead atoms. The number of nitrogens with zero attached hydrogens (tertiary/aromatic N) is 1. The molecule has 4 nitrogen and oxygen atoms in total. The van der Waals surface area contributed by atoms with Crippen LogP contribution in [-0.4, -0.2) is 37.3 Å². The van der Waals surface area contributed by atoms with E-state index in [0.29, 0.717) is 6.04 Å². The fourth-order valence-electron chi connectivity index (χ4n) is 1.45. The van der Waals surface area contributed by atoms with E-state index in [0.717, 1.165) is 32.8 Å². The van der Waals surface area contributed by atoms with Gasteiger partial charge in [-0.2, -0.15) is 0 Å². The van der Waals surface area contributed by atoms with Crippen molar-refractivity contribution in [2.24, 2.45) is 0 Å². The monoisotopic (exact) mass is 213 g/mol. The third kappa shape index (κ3) is 3.02. The van der Waals surface area contributed by atoms with Gasteiger partial charge in [0.05, 0.1) is 18.7 Å². The molecule has 5 heteroatoms. The molecule has 1 aliphatic rings. The fraction of sp³-hybridized carbons (Fsp3) is 0.667. The maximum absolute atomic E-state index is 5.36.